The Morgan fingerprint density at radius 3 is 2.29 bits per heavy atom. The molecule has 1 fully saturated rings. The second-order valence-electron chi connectivity index (χ2n) is 6.76. The van der Waals surface area contributed by atoms with Crippen molar-refractivity contribution in [1.82, 2.24) is 20.1 Å². The zero-order chi connectivity index (χ0) is 21.8. The molecule has 3 heterocycles. The van der Waals surface area contributed by atoms with Crippen LogP contribution in [0.2, 0.25) is 0 Å². The number of carbonyl (C=O) groups excluding carboxylic acids is 1. The van der Waals surface area contributed by atoms with Crippen LogP contribution in [0.25, 0.3) is 0 Å². The van der Waals surface area contributed by atoms with Gasteiger partial charge in [-0.3, -0.25) is 4.98 Å². The average Bonchev–Trinajstić information content (AvgIpc) is 2.81. The normalized spacial score (nSPS) is 13.8. The highest BCUT2D eigenvalue weighted by Gasteiger charge is 2.24. The largest absolute Gasteiger partial charge is 0.352 e. The summed E-state index contributed by atoms with van der Waals surface area (Å²) >= 11 is 0. The molecule has 11 heteroatoms. The Bertz CT molecular complexity index is 1060. The average molecular weight is 429 g/mol. The number of pyridine rings is 1. The monoisotopic (exact) mass is 429 g/mol. The molecular formula is C20H18F3N7O. The quantitative estimate of drug-likeness (QED) is 0.619. The third kappa shape index (κ3) is 4.65. The van der Waals surface area contributed by atoms with E-state index in [1.165, 1.54) is 4.90 Å². The van der Waals surface area contributed by atoms with Crippen molar-refractivity contribution in [2.45, 2.75) is 0 Å². The first-order valence-corrected chi connectivity index (χ1v) is 9.46. The highest BCUT2D eigenvalue weighted by molar-refractivity contribution is 5.89. The van der Waals surface area contributed by atoms with Crippen LogP contribution in [-0.2, 0) is 0 Å². The van der Waals surface area contributed by atoms with E-state index in [-0.39, 0.29) is 0 Å². The number of hydrogen-bond donors (Lipinski definition) is 2. The Morgan fingerprint density at radius 1 is 0.871 bits per heavy atom. The van der Waals surface area contributed by atoms with Gasteiger partial charge in [0.05, 0.1) is 5.69 Å². The Labute approximate surface area is 175 Å². The molecule has 2 aromatic heterocycles. The topological polar surface area (TPSA) is 86.3 Å². The smallest absolute Gasteiger partial charge is 0.322 e. The number of urea groups is 1. The number of nitrogens with zero attached hydrogens (tertiary/aromatic N) is 5. The van der Waals surface area contributed by atoms with Gasteiger partial charge in [0.25, 0.3) is 0 Å². The van der Waals surface area contributed by atoms with Crippen LogP contribution in [0.15, 0.2) is 48.8 Å². The molecule has 0 spiro atoms. The van der Waals surface area contributed by atoms with E-state index < -0.39 is 29.2 Å². The maximum atomic E-state index is 13.8. The van der Waals surface area contributed by atoms with Gasteiger partial charge in [0.1, 0.15) is 0 Å². The summed E-state index contributed by atoms with van der Waals surface area (Å²) in [4.78, 5) is 19.7. The minimum Gasteiger partial charge on any atom is -0.352 e. The highest BCUT2D eigenvalue weighted by Crippen LogP contribution is 2.21. The Hall–Kier alpha value is -3.89. The predicted octanol–water partition coefficient (Wildman–Crippen LogP) is 3.39. The highest BCUT2D eigenvalue weighted by atomic mass is 19.2. The number of hydrogen-bond acceptors (Lipinski definition) is 6. The van der Waals surface area contributed by atoms with Crippen molar-refractivity contribution in [2.75, 3.05) is 41.7 Å². The summed E-state index contributed by atoms with van der Waals surface area (Å²) in [6.45, 7) is 1.66. The molecule has 31 heavy (non-hydrogen) atoms. The van der Waals surface area contributed by atoms with E-state index >= 15 is 0 Å². The van der Waals surface area contributed by atoms with Crippen molar-refractivity contribution >= 4 is 29.0 Å². The number of aromatic nitrogens is 3. The van der Waals surface area contributed by atoms with Crippen LogP contribution in [0.3, 0.4) is 0 Å². The summed E-state index contributed by atoms with van der Waals surface area (Å²) in [5.74, 6) is -3.12. The molecule has 0 radical (unpaired) electrons. The van der Waals surface area contributed by atoms with Crippen LogP contribution in [-0.4, -0.2) is 52.3 Å². The van der Waals surface area contributed by atoms with Crippen LogP contribution in [0.4, 0.5) is 41.0 Å². The minimum absolute atomic E-state index is 0.343. The standard InChI is InChI=1S/C20H18F3N7O/c21-14-1-2-15(19(23)18(14)22)26-20(31)30-11-9-29(10-12-30)17-4-3-16(27-28-17)25-13-5-7-24-8-6-13/h1-8H,9-12H2,(H,26,31)(H,24,25,27). The molecule has 1 aliphatic heterocycles. The number of rotatable bonds is 4. The van der Waals surface area contributed by atoms with Gasteiger partial charge in [-0.25, -0.2) is 18.0 Å². The van der Waals surface area contributed by atoms with E-state index in [4.69, 9.17) is 0 Å². The van der Waals surface area contributed by atoms with Crippen molar-refractivity contribution in [3.05, 3.63) is 66.2 Å². The van der Waals surface area contributed by atoms with Crippen LogP contribution in [0.1, 0.15) is 0 Å². The van der Waals surface area contributed by atoms with Crippen LogP contribution < -0.4 is 15.5 Å². The third-order valence-electron chi connectivity index (χ3n) is 4.77. The molecule has 0 aliphatic carbocycles. The molecule has 1 aliphatic rings. The lowest BCUT2D eigenvalue weighted by Gasteiger charge is -2.35. The van der Waals surface area contributed by atoms with E-state index in [1.807, 2.05) is 23.1 Å². The Balaban J connectivity index is 1.32. The lowest BCUT2D eigenvalue weighted by molar-refractivity contribution is 0.208. The van der Waals surface area contributed by atoms with Crippen molar-refractivity contribution < 1.29 is 18.0 Å². The molecule has 3 aromatic rings. The van der Waals surface area contributed by atoms with Crippen LogP contribution in [0, 0.1) is 17.5 Å². The van der Waals surface area contributed by atoms with Gasteiger partial charge in [-0.2, -0.15) is 0 Å². The summed E-state index contributed by atoms with van der Waals surface area (Å²) in [5, 5.41) is 13.8. The van der Waals surface area contributed by atoms with Gasteiger partial charge >= 0.3 is 6.03 Å². The molecule has 0 atom stereocenters. The molecule has 2 N–H and O–H groups in total. The summed E-state index contributed by atoms with van der Waals surface area (Å²) in [5.41, 5.74) is 0.434. The van der Waals surface area contributed by atoms with E-state index in [0.29, 0.717) is 37.8 Å². The van der Waals surface area contributed by atoms with Crippen molar-refractivity contribution in [2.24, 2.45) is 0 Å². The zero-order valence-corrected chi connectivity index (χ0v) is 16.2. The SMILES string of the molecule is O=C(Nc1ccc(F)c(F)c1F)N1CCN(c2ccc(Nc3ccncc3)nn2)CC1. The molecule has 1 aromatic carbocycles. The Kier molecular flexibility index (Phi) is 5.83. The molecule has 0 bridgehead atoms. The lowest BCUT2D eigenvalue weighted by atomic mass is 10.2. The van der Waals surface area contributed by atoms with E-state index in [2.05, 4.69) is 25.8 Å². The molecule has 1 saturated heterocycles. The van der Waals surface area contributed by atoms with Crippen molar-refractivity contribution in [3.8, 4) is 0 Å². The molecule has 2 amide bonds. The molecule has 8 nitrogen and oxygen atoms in total. The van der Waals surface area contributed by atoms with Crippen molar-refractivity contribution in [3.63, 3.8) is 0 Å². The number of carbonyl (C=O) groups is 1. The first kappa shape index (κ1) is 20.4. The first-order chi connectivity index (χ1) is 15.0. The molecule has 4 rings (SSSR count). The summed E-state index contributed by atoms with van der Waals surface area (Å²) in [6, 6.07) is 8.40. The molecule has 0 unspecified atom stereocenters. The van der Waals surface area contributed by atoms with Gasteiger partial charge in [0.2, 0.25) is 0 Å². The fourth-order valence-corrected chi connectivity index (χ4v) is 3.10. The molecule has 160 valence electrons. The van der Waals surface area contributed by atoms with Gasteiger partial charge in [-0.15, -0.1) is 10.2 Å². The summed E-state index contributed by atoms with van der Waals surface area (Å²) in [6.07, 6.45) is 3.33. The van der Waals surface area contributed by atoms with Crippen LogP contribution in [0.5, 0.6) is 0 Å². The van der Waals surface area contributed by atoms with Gasteiger partial charge in [0.15, 0.2) is 29.1 Å². The van der Waals surface area contributed by atoms with Gasteiger partial charge in [-0.1, -0.05) is 0 Å². The van der Waals surface area contributed by atoms with E-state index in [0.717, 1.165) is 17.8 Å². The van der Waals surface area contributed by atoms with E-state index in [1.54, 1.807) is 18.5 Å². The fourth-order valence-electron chi connectivity index (χ4n) is 3.10. The summed E-state index contributed by atoms with van der Waals surface area (Å²) in [7, 11) is 0. The second kappa shape index (κ2) is 8.86. The summed E-state index contributed by atoms with van der Waals surface area (Å²) < 4.78 is 40.1. The maximum Gasteiger partial charge on any atom is 0.322 e. The number of amides is 2. The fraction of sp³-hybridized carbons (Fsp3) is 0.200. The second-order valence-corrected chi connectivity index (χ2v) is 6.76. The number of halogens is 3. The number of benzene rings is 1. The number of anilines is 4. The third-order valence-corrected chi connectivity index (χ3v) is 4.77. The predicted molar refractivity (Wildman–Crippen MR) is 109 cm³/mol. The van der Waals surface area contributed by atoms with Gasteiger partial charge < -0.3 is 20.4 Å². The van der Waals surface area contributed by atoms with Crippen molar-refractivity contribution in [1.29, 1.82) is 0 Å². The minimum atomic E-state index is -1.62. The number of nitrogens with one attached hydrogen (secondary N) is 2. The molecule has 0 saturated carbocycles. The first-order valence-electron chi connectivity index (χ1n) is 9.46. The van der Waals surface area contributed by atoms with E-state index in [9.17, 15) is 18.0 Å². The van der Waals surface area contributed by atoms with Crippen LogP contribution >= 0.6 is 0 Å². The zero-order valence-electron chi connectivity index (χ0n) is 16.2. The van der Waals surface area contributed by atoms with Gasteiger partial charge in [0, 0.05) is 44.3 Å². The molecular weight excluding hydrogens is 411 g/mol. The van der Waals surface area contributed by atoms with Gasteiger partial charge in [-0.05, 0) is 36.4 Å². The lowest BCUT2D eigenvalue weighted by Crippen LogP contribution is -2.50. The number of piperazine rings is 1. The maximum absolute atomic E-state index is 13.8. The Morgan fingerprint density at radius 2 is 1.61 bits per heavy atom.